The molecule has 0 radical (unpaired) electrons. The summed E-state index contributed by atoms with van der Waals surface area (Å²) in [7, 11) is 0. The van der Waals surface area contributed by atoms with Crippen LogP contribution < -0.4 is 21.7 Å². The van der Waals surface area contributed by atoms with Gasteiger partial charge >= 0.3 is 5.97 Å². The van der Waals surface area contributed by atoms with Crippen LogP contribution in [0.3, 0.4) is 0 Å². The van der Waals surface area contributed by atoms with Crippen LogP contribution >= 0.6 is 0 Å². The predicted octanol–water partition coefficient (Wildman–Crippen LogP) is -2.12. The molecule has 0 bridgehead atoms. The minimum atomic E-state index is -1.30. The predicted molar refractivity (Wildman–Crippen MR) is 106 cm³/mol. The van der Waals surface area contributed by atoms with E-state index in [4.69, 9.17) is 5.73 Å². The SMILES string of the molecule is CC(C)CC(NC(=O)C(CO)NC(=O)C(C)N)C(=O)NC(Cc1cnc[nH]1)C(=O)O. The minimum Gasteiger partial charge on any atom is -0.480 e. The Balaban J connectivity index is 2.87. The molecular formula is C18H30N6O6. The van der Waals surface area contributed by atoms with Crippen LogP contribution in [0.5, 0.6) is 0 Å². The summed E-state index contributed by atoms with van der Waals surface area (Å²) in [4.78, 5) is 55.0. The number of imidazole rings is 1. The summed E-state index contributed by atoms with van der Waals surface area (Å²) in [6.45, 7) is 4.38. The fourth-order valence-corrected chi connectivity index (χ4v) is 2.56. The summed E-state index contributed by atoms with van der Waals surface area (Å²) in [5, 5.41) is 26.0. The topological polar surface area (TPSA) is 200 Å². The third-order valence-electron chi connectivity index (χ3n) is 4.16. The van der Waals surface area contributed by atoms with E-state index in [-0.39, 0.29) is 18.8 Å². The van der Waals surface area contributed by atoms with Crippen molar-refractivity contribution in [1.82, 2.24) is 25.9 Å². The second-order valence-corrected chi connectivity index (χ2v) is 7.40. The van der Waals surface area contributed by atoms with E-state index in [0.29, 0.717) is 5.69 Å². The number of aliphatic hydroxyl groups is 1. The Bertz CT molecular complexity index is 721. The first-order chi connectivity index (χ1) is 14.0. The Hall–Kier alpha value is -2.99. The molecule has 0 aliphatic rings. The van der Waals surface area contributed by atoms with E-state index in [2.05, 4.69) is 25.9 Å². The van der Waals surface area contributed by atoms with Crippen LogP contribution in [0.1, 0.15) is 32.9 Å². The molecule has 8 N–H and O–H groups in total. The van der Waals surface area contributed by atoms with Crippen molar-refractivity contribution >= 4 is 23.7 Å². The second-order valence-electron chi connectivity index (χ2n) is 7.40. The van der Waals surface area contributed by atoms with E-state index in [9.17, 15) is 29.4 Å². The smallest absolute Gasteiger partial charge is 0.326 e. The Morgan fingerprint density at radius 1 is 1.03 bits per heavy atom. The molecule has 4 unspecified atom stereocenters. The first-order valence-electron chi connectivity index (χ1n) is 9.52. The zero-order valence-electron chi connectivity index (χ0n) is 17.2. The van der Waals surface area contributed by atoms with E-state index >= 15 is 0 Å². The number of H-pyrrole nitrogens is 1. The van der Waals surface area contributed by atoms with Crippen LogP contribution in [0, 0.1) is 5.92 Å². The lowest BCUT2D eigenvalue weighted by atomic mass is 10.0. The van der Waals surface area contributed by atoms with Crippen LogP contribution in [0.15, 0.2) is 12.5 Å². The maximum Gasteiger partial charge on any atom is 0.326 e. The molecule has 1 aromatic rings. The van der Waals surface area contributed by atoms with Gasteiger partial charge in [0.05, 0.1) is 19.0 Å². The molecule has 0 fully saturated rings. The number of aliphatic carboxylic acids is 1. The number of carbonyl (C=O) groups is 4. The Morgan fingerprint density at radius 2 is 1.60 bits per heavy atom. The number of carboxylic acid groups (broad SMARTS) is 1. The Kier molecular flexibility index (Phi) is 9.92. The van der Waals surface area contributed by atoms with Crippen LogP contribution in [-0.4, -0.2) is 74.6 Å². The van der Waals surface area contributed by atoms with Crippen LogP contribution in [0.2, 0.25) is 0 Å². The van der Waals surface area contributed by atoms with Gasteiger partial charge < -0.3 is 36.9 Å². The van der Waals surface area contributed by atoms with E-state index in [1.807, 2.05) is 13.8 Å². The quantitative estimate of drug-likeness (QED) is 0.196. The average Bonchev–Trinajstić information content (AvgIpc) is 3.17. The molecule has 30 heavy (non-hydrogen) atoms. The number of nitrogens with zero attached hydrogens (tertiary/aromatic N) is 1. The highest BCUT2D eigenvalue weighted by Crippen LogP contribution is 2.07. The third kappa shape index (κ3) is 8.17. The Morgan fingerprint density at radius 3 is 2.07 bits per heavy atom. The van der Waals surface area contributed by atoms with Crippen molar-refractivity contribution in [3.05, 3.63) is 18.2 Å². The van der Waals surface area contributed by atoms with Gasteiger partial charge in [-0.2, -0.15) is 0 Å². The molecule has 1 aromatic heterocycles. The molecule has 1 rings (SSSR count). The van der Waals surface area contributed by atoms with Gasteiger partial charge in [0.25, 0.3) is 0 Å². The number of hydrogen-bond donors (Lipinski definition) is 7. The normalized spacial score (nSPS) is 15.0. The Labute approximate surface area is 174 Å². The molecule has 0 saturated carbocycles. The third-order valence-corrected chi connectivity index (χ3v) is 4.16. The van der Waals surface area contributed by atoms with Crippen molar-refractivity contribution < 1.29 is 29.4 Å². The molecule has 0 aliphatic carbocycles. The van der Waals surface area contributed by atoms with Crippen LogP contribution in [0.4, 0.5) is 0 Å². The minimum absolute atomic E-state index is 0.0110. The van der Waals surface area contributed by atoms with Gasteiger partial charge in [-0.15, -0.1) is 0 Å². The highest BCUT2D eigenvalue weighted by molar-refractivity contribution is 5.94. The summed E-state index contributed by atoms with van der Waals surface area (Å²) < 4.78 is 0. The summed E-state index contributed by atoms with van der Waals surface area (Å²) >= 11 is 0. The zero-order chi connectivity index (χ0) is 22.8. The summed E-state index contributed by atoms with van der Waals surface area (Å²) in [5.41, 5.74) is 5.96. The molecule has 0 spiro atoms. The zero-order valence-corrected chi connectivity index (χ0v) is 17.2. The molecule has 0 aromatic carbocycles. The van der Waals surface area contributed by atoms with Gasteiger partial charge in [-0.25, -0.2) is 9.78 Å². The van der Waals surface area contributed by atoms with Gasteiger partial charge in [-0.05, 0) is 19.3 Å². The highest BCUT2D eigenvalue weighted by atomic mass is 16.4. The second kappa shape index (κ2) is 11.9. The van der Waals surface area contributed by atoms with Gasteiger partial charge in [-0.3, -0.25) is 14.4 Å². The molecule has 1 heterocycles. The number of nitrogens with two attached hydrogens (primary N) is 1. The van der Waals surface area contributed by atoms with Crippen molar-refractivity contribution in [2.75, 3.05) is 6.61 Å². The number of rotatable bonds is 12. The number of hydrogen-bond acceptors (Lipinski definition) is 7. The largest absolute Gasteiger partial charge is 0.480 e. The molecule has 168 valence electrons. The lowest BCUT2D eigenvalue weighted by Crippen LogP contribution is -2.58. The fraction of sp³-hybridized carbons (Fsp3) is 0.611. The van der Waals surface area contributed by atoms with E-state index < -0.39 is 54.5 Å². The van der Waals surface area contributed by atoms with Crippen LogP contribution in [0.25, 0.3) is 0 Å². The molecule has 3 amide bonds. The van der Waals surface area contributed by atoms with Crippen molar-refractivity contribution in [2.24, 2.45) is 11.7 Å². The molecule has 12 nitrogen and oxygen atoms in total. The summed E-state index contributed by atoms with van der Waals surface area (Å²) in [6, 6.07) is -4.50. The number of aromatic nitrogens is 2. The number of aliphatic hydroxyl groups excluding tert-OH is 1. The van der Waals surface area contributed by atoms with Gasteiger partial charge in [0.15, 0.2) is 0 Å². The van der Waals surface area contributed by atoms with Gasteiger partial charge in [-0.1, -0.05) is 13.8 Å². The molecule has 0 aliphatic heterocycles. The van der Waals surface area contributed by atoms with Gasteiger partial charge in [0.2, 0.25) is 17.7 Å². The van der Waals surface area contributed by atoms with E-state index in [1.165, 1.54) is 19.4 Å². The van der Waals surface area contributed by atoms with Gasteiger partial charge in [0.1, 0.15) is 18.1 Å². The molecule has 0 saturated heterocycles. The van der Waals surface area contributed by atoms with Crippen molar-refractivity contribution in [3.8, 4) is 0 Å². The summed E-state index contributed by atoms with van der Waals surface area (Å²) in [5.74, 6) is -3.38. The lowest BCUT2D eigenvalue weighted by molar-refractivity contribution is -0.142. The summed E-state index contributed by atoms with van der Waals surface area (Å²) in [6.07, 6.45) is 3.03. The molecule has 4 atom stereocenters. The number of nitrogens with one attached hydrogen (secondary N) is 4. The number of amides is 3. The van der Waals surface area contributed by atoms with Crippen molar-refractivity contribution in [1.29, 1.82) is 0 Å². The number of carboxylic acids is 1. The standard InChI is InChI=1S/C18H30N6O6/c1-9(2)4-12(22-17(28)14(7-25)24-15(26)10(3)19)16(27)23-13(18(29)30)5-11-6-20-8-21-11/h6,8-10,12-14,25H,4-5,7,19H2,1-3H3,(H,20,21)(H,22,28)(H,23,27)(H,24,26)(H,29,30). The van der Waals surface area contributed by atoms with Crippen molar-refractivity contribution in [2.45, 2.75) is 57.8 Å². The average molecular weight is 426 g/mol. The number of carbonyl (C=O) groups excluding carboxylic acids is 3. The van der Waals surface area contributed by atoms with Crippen molar-refractivity contribution in [3.63, 3.8) is 0 Å². The first kappa shape index (κ1) is 25.0. The maximum atomic E-state index is 12.7. The first-order valence-corrected chi connectivity index (χ1v) is 9.52. The monoisotopic (exact) mass is 426 g/mol. The van der Waals surface area contributed by atoms with E-state index in [0.717, 1.165) is 0 Å². The lowest BCUT2D eigenvalue weighted by Gasteiger charge is -2.25. The van der Waals surface area contributed by atoms with Crippen LogP contribution in [-0.2, 0) is 25.6 Å². The fourth-order valence-electron chi connectivity index (χ4n) is 2.56. The highest BCUT2D eigenvalue weighted by Gasteiger charge is 2.30. The van der Waals surface area contributed by atoms with E-state index in [1.54, 1.807) is 0 Å². The van der Waals surface area contributed by atoms with Gasteiger partial charge in [0, 0.05) is 18.3 Å². The number of aromatic amines is 1. The maximum absolute atomic E-state index is 12.7. The molecular weight excluding hydrogens is 396 g/mol. The molecule has 12 heteroatoms.